The average molecular weight is 404 g/mol. The quantitative estimate of drug-likeness (QED) is 0.500. The van der Waals surface area contributed by atoms with Gasteiger partial charge in [0.2, 0.25) is 0 Å². The molecule has 0 aromatic heterocycles. The first-order chi connectivity index (χ1) is 14.1. The standard InChI is InChI=1S/C24H25N3OS/c1-18(26-24(29)25-16-15-19-9-4-2-5-10-19)21-13-8-14-22(17-21)27-23(28)20-11-6-3-7-12-20/h2-14,17-18H,15-16H2,1H3,(H,27,28)(H2,25,26,29). The number of hydrogen-bond donors (Lipinski definition) is 3. The highest BCUT2D eigenvalue weighted by molar-refractivity contribution is 7.80. The number of thiocarbonyl (C=S) groups is 1. The van der Waals surface area contributed by atoms with Crippen LogP contribution in [-0.4, -0.2) is 17.6 Å². The van der Waals surface area contributed by atoms with Crippen molar-refractivity contribution in [1.82, 2.24) is 10.6 Å². The Morgan fingerprint density at radius 2 is 1.62 bits per heavy atom. The van der Waals surface area contributed by atoms with Crippen LogP contribution in [0.25, 0.3) is 0 Å². The number of carbonyl (C=O) groups excluding carboxylic acids is 1. The molecule has 1 amide bonds. The van der Waals surface area contributed by atoms with E-state index in [0.717, 1.165) is 24.2 Å². The third kappa shape index (κ3) is 6.43. The Bertz CT molecular complexity index is 945. The van der Waals surface area contributed by atoms with Crippen molar-refractivity contribution in [2.45, 2.75) is 19.4 Å². The van der Waals surface area contributed by atoms with Gasteiger partial charge in [-0.3, -0.25) is 4.79 Å². The lowest BCUT2D eigenvalue weighted by molar-refractivity contribution is 0.102. The highest BCUT2D eigenvalue weighted by Gasteiger charge is 2.10. The number of carbonyl (C=O) groups is 1. The van der Waals surface area contributed by atoms with Crippen LogP contribution in [0, 0.1) is 0 Å². The van der Waals surface area contributed by atoms with Gasteiger partial charge in [0.1, 0.15) is 0 Å². The molecule has 5 heteroatoms. The van der Waals surface area contributed by atoms with Gasteiger partial charge in [-0.25, -0.2) is 0 Å². The Hall–Kier alpha value is -3.18. The summed E-state index contributed by atoms with van der Waals surface area (Å²) in [6.07, 6.45) is 0.915. The molecule has 0 radical (unpaired) electrons. The summed E-state index contributed by atoms with van der Waals surface area (Å²) >= 11 is 5.42. The van der Waals surface area contributed by atoms with E-state index in [4.69, 9.17) is 12.2 Å². The largest absolute Gasteiger partial charge is 0.362 e. The minimum atomic E-state index is -0.124. The molecule has 0 heterocycles. The summed E-state index contributed by atoms with van der Waals surface area (Å²) in [4.78, 5) is 12.4. The van der Waals surface area contributed by atoms with E-state index >= 15 is 0 Å². The van der Waals surface area contributed by atoms with Crippen LogP contribution >= 0.6 is 12.2 Å². The van der Waals surface area contributed by atoms with Gasteiger partial charge in [0.25, 0.3) is 5.91 Å². The summed E-state index contributed by atoms with van der Waals surface area (Å²) in [5, 5.41) is 10.1. The van der Waals surface area contributed by atoms with E-state index in [0.29, 0.717) is 10.7 Å². The van der Waals surface area contributed by atoms with Crippen LogP contribution in [0.2, 0.25) is 0 Å². The van der Waals surface area contributed by atoms with Gasteiger partial charge in [0.05, 0.1) is 6.04 Å². The summed E-state index contributed by atoms with van der Waals surface area (Å²) in [5.41, 5.74) is 3.71. The minimum absolute atomic E-state index is 0.0142. The summed E-state index contributed by atoms with van der Waals surface area (Å²) in [6, 6.07) is 27.3. The molecule has 1 unspecified atom stereocenters. The monoisotopic (exact) mass is 403 g/mol. The minimum Gasteiger partial charge on any atom is -0.362 e. The third-order valence-electron chi connectivity index (χ3n) is 4.57. The van der Waals surface area contributed by atoms with Gasteiger partial charge < -0.3 is 16.0 Å². The van der Waals surface area contributed by atoms with Crippen molar-refractivity contribution >= 4 is 28.9 Å². The molecule has 4 nitrogen and oxygen atoms in total. The van der Waals surface area contributed by atoms with Crippen LogP contribution in [0.3, 0.4) is 0 Å². The fourth-order valence-electron chi connectivity index (χ4n) is 2.97. The maximum atomic E-state index is 12.4. The molecule has 3 aromatic rings. The summed E-state index contributed by atoms with van der Waals surface area (Å²) in [6.45, 7) is 2.82. The van der Waals surface area contributed by atoms with Crippen LogP contribution in [-0.2, 0) is 6.42 Å². The summed E-state index contributed by atoms with van der Waals surface area (Å²) in [5.74, 6) is -0.124. The highest BCUT2D eigenvalue weighted by atomic mass is 32.1. The van der Waals surface area contributed by atoms with Gasteiger partial charge >= 0.3 is 0 Å². The molecule has 1 atom stereocenters. The van der Waals surface area contributed by atoms with Crippen molar-refractivity contribution in [3.63, 3.8) is 0 Å². The second-order valence-corrected chi connectivity index (χ2v) is 7.21. The van der Waals surface area contributed by atoms with Gasteiger partial charge in [-0.2, -0.15) is 0 Å². The number of nitrogens with one attached hydrogen (secondary N) is 3. The molecular formula is C24H25N3OS. The molecule has 3 N–H and O–H groups in total. The molecule has 0 aliphatic heterocycles. The molecule has 0 aliphatic rings. The number of amides is 1. The van der Waals surface area contributed by atoms with E-state index in [9.17, 15) is 4.79 Å². The Balaban J connectivity index is 1.51. The SMILES string of the molecule is CC(NC(=S)NCCc1ccccc1)c1cccc(NC(=O)c2ccccc2)c1. The Kier molecular flexibility index (Phi) is 7.36. The summed E-state index contributed by atoms with van der Waals surface area (Å²) in [7, 11) is 0. The number of rotatable bonds is 7. The Morgan fingerprint density at radius 1 is 0.931 bits per heavy atom. The van der Waals surface area contributed by atoms with Gasteiger partial charge in [-0.1, -0.05) is 60.7 Å². The third-order valence-corrected chi connectivity index (χ3v) is 4.83. The van der Waals surface area contributed by atoms with Crippen LogP contribution in [0.15, 0.2) is 84.9 Å². The van der Waals surface area contributed by atoms with Crippen LogP contribution in [0.1, 0.15) is 34.5 Å². The molecule has 3 rings (SSSR count). The normalized spacial score (nSPS) is 11.3. The van der Waals surface area contributed by atoms with E-state index in [1.54, 1.807) is 12.1 Å². The lowest BCUT2D eigenvalue weighted by atomic mass is 10.1. The van der Waals surface area contributed by atoms with E-state index in [-0.39, 0.29) is 11.9 Å². The van der Waals surface area contributed by atoms with Crippen molar-refractivity contribution in [2.75, 3.05) is 11.9 Å². The van der Waals surface area contributed by atoms with E-state index < -0.39 is 0 Å². The zero-order valence-corrected chi connectivity index (χ0v) is 17.2. The first-order valence-corrected chi connectivity index (χ1v) is 10.1. The average Bonchev–Trinajstić information content (AvgIpc) is 2.75. The number of hydrogen-bond acceptors (Lipinski definition) is 2. The molecular weight excluding hydrogens is 378 g/mol. The van der Waals surface area contributed by atoms with Crippen molar-refractivity contribution in [3.05, 3.63) is 102 Å². The zero-order chi connectivity index (χ0) is 20.5. The van der Waals surface area contributed by atoms with E-state index in [1.165, 1.54) is 5.56 Å². The van der Waals surface area contributed by atoms with E-state index in [2.05, 4.69) is 28.1 Å². The lowest BCUT2D eigenvalue weighted by Crippen LogP contribution is -2.37. The van der Waals surface area contributed by atoms with E-state index in [1.807, 2.05) is 67.6 Å². The second kappa shape index (κ2) is 10.4. The van der Waals surface area contributed by atoms with Crippen molar-refractivity contribution in [1.29, 1.82) is 0 Å². The maximum absolute atomic E-state index is 12.4. The Labute approximate surface area is 177 Å². The van der Waals surface area contributed by atoms with Gasteiger partial charge in [-0.05, 0) is 61.0 Å². The predicted octanol–water partition coefficient (Wildman–Crippen LogP) is 4.71. The highest BCUT2D eigenvalue weighted by Crippen LogP contribution is 2.18. The fraction of sp³-hybridized carbons (Fsp3) is 0.167. The van der Waals surface area contributed by atoms with Gasteiger partial charge in [0.15, 0.2) is 5.11 Å². The molecule has 29 heavy (non-hydrogen) atoms. The van der Waals surface area contributed by atoms with Crippen LogP contribution in [0.5, 0.6) is 0 Å². The molecule has 0 saturated carbocycles. The van der Waals surface area contributed by atoms with Gasteiger partial charge in [0, 0.05) is 17.8 Å². The summed E-state index contributed by atoms with van der Waals surface area (Å²) < 4.78 is 0. The number of benzene rings is 3. The van der Waals surface area contributed by atoms with Crippen molar-refractivity contribution in [2.24, 2.45) is 0 Å². The number of anilines is 1. The molecule has 0 aliphatic carbocycles. The maximum Gasteiger partial charge on any atom is 0.255 e. The molecule has 3 aromatic carbocycles. The van der Waals surface area contributed by atoms with Crippen LogP contribution in [0.4, 0.5) is 5.69 Å². The fourth-order valence-corrected chi connectivity index (χ4v) is 3.25. The predicted molar refractivity (Wildman–Crippen MR) is 123 cm³/mol. The van der Waals surface area contributed by atoms with Crippen molar-refractivity contribution in [3.8, 4) is 0 Å². The molecule has 0 fully saturated rings. The molecule has 0 spiro atoms. The smallest absolute Gasteiger partial charge is 0.255 e. The lowest BCUT2D eigenvalue weighted by Gasteiger charge is -2.18. The van der Waals surface area contributed by atoms with Gasteiger partial charge in [-0.15, -0.1) is 0 Å². The topological polar surface area (TPSA) is 53.2 Å². The second-order valence-electron chi connectivity index (χ2n) is 6.80. The molecule has 148 valence electrons. The molecule has 0 bridgehead atoms. The van der Waals surface area contributed by atoms with Crippen molar-refractivity contribution < 1.29 is 4.79 Å². The molecule has 0 saturated heterocycles. The van der Waals surface area contributed by atoms with Crippen LogP contribution < -0.4 is 16.0 Å². The first kappa shape index (κ1) is 20.6. The first-order valence-electron chi connectivity index (χ1n) is 9.66. The Morgan fingerprint density at radius 3 is 2.34 bits per heavy atom. The zero-order valence-electron chi connectivity index (χ0n) is 16.4.